The average molecular weight is 378 g/mol. The first-order chi connectivity index (χ1) is 12.0. The Morgan fingerprint density at radius 1 is 1.00 bits per heavy atom. The number of amides is 5. The minimum atomic E-state index is -1.61. The zero-order valence-electron chi connectivity index (χ0n) is 16.3. The SMILES string of the molecule is CCC1(c2ccccc2)C(=O)NC(=O)N(C(=O)c2ccccc2)C1=O.[Ca+2].[H-].[H-]. The number of barbiturate groups is 1. The van der Waals surface area contributed by atoms with Crippen molar-refractivity contribution in [3.8, 4) is 0 Å². The van der Waals surface area contributed by atoms with E-state index < -0.39 is 29.2 Å². The normalized spacial score (nSPS) is 19.6. The smallest absolute Gasteiger partial charge is 1.00 e. The van der Waals surface area contributed by atoms with Crippen LogP contribution in [0, 0.1) is 0 Å². The molecule has 1 aliphatic rings. The van der Waals surface area contributed by atoms with Gasteiger partial charge in [-0.15, -0.1) is 0 Å². The molecule has 0 saturated carbocycles. The number of rotatable bonds is 3. The van der Waals surface area contributed by atoms with E-state index in [0.29, 0.717) is 10.5 Å². The van der Waals surface area contributed by atoms with Crippen LogP contribution in [0.1, 0.15) is 32.1 Å². The molecule has 2 aromatic carbocycles. The summed E-state index contributed by atoms with van der Waals surface area (Å²) in [6, 6.07) is 15.4. The second kappa shape index (κ2) is 8.12. The van der Waals surface area contributed by atoms with Crippen molar-refractivity contribution in [1.29, 1.82) is 0 Å². The molecule has 1 heterocycles. The first kappa shape index (κ1) is 20.3. The molecule has 1 N–H and O–H groups in total. The molecule has 2 aromatic rings. The van der Waals surface area contributed by atoms with E-state index in [1.165, 1.54) is 12.1 Å². The summed E-state index contributed by atoms with van der Waals surface area (Å²) in [5.74, 6) is -2.30. The third-order valence-corrected chi connectivity index (χ3v) is 4.40. The van der Waals surface area contributed by atoms with Crippen LogP contribution in [0.15, 0.2) is 60.7 Å². The van der Waals surface area contributed by atoms with Crippen LogP contribution in [0.2, 0.25) is 0 Å². The van der Waals surface area contributed by atoms with E-state index in [2.05, 4.69) is 5.32 Å². The van der Waals surface area contributed by atoms with Crippen LogP contribution in [-0.4, -0.2) is 66.4 Å². The van der Waals surface area contributed by atoms with Gasteiger partial charge in [-0.05, 0) is 24.1 Å². The van der Waals surface area contributed by atoms with Crippen LogP contribution in [-0.2, 0) is 15.0 Å². The second-order valence-electron chi connectivity index (χ2n) is 5.70. The Kier molecular flexibility index (Phi) is 6.34. The molecule has 0 aromatic heterocycles. The Morgan fingerprint density at radius 3 is 2.08 bits per heavy atom. The van der Waals surface area contributed by atoms with Gasteiger partial charge in [0.15, 0.2) is 5.41 Å². The van der Waals surface area contributed by atoms with Gasteiger partial charge >= 0.3 is 43.8 Å². The summed E-state index contributed by atoms with van der Waals surface area (Å²) in [6.07, 6.45) is 0.119. The second-order valence-corrected chi connectivity index (χ2v) is 5.70. The molecule has 0 aliphatic carbocycles. The number of nitrogens with one attached hydrogen (secondary N) is 1. The Hall–Kier alpha value is -2.02. The standard InChI is InChI=1S/C19H16N2O4.Ca.2H/c1-2-19(14-11-7-4-8-12-14)16(23)20-18(25)21(17(19)24)15(22)13-9-5-3-6-10-13;;;/h3-12H,2H2,1H3,(H,20,23,25);;;/q;+2;2*-1. The van der Waals surface area contributed by atoms with Crippen molar-refractivity contribution in [3.63, 3.8) is 0 Å². The van der Waals surface area contributed by atoms with E-state index in [4.69, 9.17) is 0 Å². The van der Waals surface area contributed by atoms with Crippen molar-refractivity contribution in [2.24, 2.45) is 0 Å². The Bertz CT molecular complexity index is 865. The van der Waals surface area contributed by atoms with Gasteiger partial charge in [-0.2, -0.15) is 4.90 Å². The molecule has 0 bridgehead atoms. The maximum absolute atomic E-state index is 13.1. The Labute approximate surface area is 183 Å². The molecule has 1 unspecified atom stereocenters. The van der Waals surface area contributed by atoms with Crippen LogP contribution in [0.25, 0.3) is 0 Å². The number of carbonyl (C=O) groups excluding carboxylic acids is 4. The fraction of sp³-hybridized carbons (Fsp3) is 0.158. The van der Waals surface area contributed by atoms with E-state index in [9.17, 15) is 19.2 Å². The molecular formula is C19H18CaN2O4. The predicted octanol–water partition coefficient (Wildman–Crippen LogP) is 2.10. The fourth-order valence-electron chi connectivity index (χ4n) is 3.03. The van der Waals surface area contributed by atoms with Gasteiger partial charge in [0.1, 0.15) is 0 Å². The van der Waals surface area contributed by atoms with E-state index >= 15 is 0 Å². The molecule has 1 atom stereocenters. The summed E-state index contributed by atoms with van der Waals surface area (Å²) >= 11 is 0. The first-order valence-electron chi connectivity index (χ1n) is 7.87. The van der Waals surface area contributed by atoms with Crippen molar-refractivity contribution < 1.29 is 22.0 Å². The molecule has 6 nitrogen and oxygen atoms in total. The Balaban J connectivity index is 0.00000243. The summed E-state index contributed by atoms with van der Waals surface area (Å²) in [4.78, 5) is 51.2. The van der Waals surface area contributed by atoms with Crippen molar-refractivity contribution in [2.75, 3.05) is 0 Å². The van der Waals surface area contributed by atoms with Gasteiger partial charge in [0.05, 0.1) is 0 Å². The monoisotopic (exact) mass is 378 g/mol. The molecule has 1 aliphatic heterocycles. The van der Waals surface area contributed by atoms with Gasteiger partial charge in [0, 0.05) is 5.56 Å². The van der Waals surface area contributed by atoms with Crippen LogP contribution in [0.3, 0.4) is 0 Å². The van der Waals surface area contributed by atoms with Gasteiger partial charge in [-0.1, -0.05) is 55.5 Å². The molecule has 7 heteroatoms. The quantitative estimate of drug-likeness (QED) is 0.504. The van der Waals surface area contributed by atoms with Crippen molar-refractivity contribution in [2.45, 2.75) is 18.8 Å². The molecule has 0 spiro atoms. The summed E-state index contributed by atoms with van der Waals surface area (Å²) < 4.78 is 0. The van der Waals surface area contributed by atoms with Crippen LogP contribution < -0.4 is 5.32 Å². The molecule has 1 fully saturated rings. The Morgan fingerprint density at radius 2 is 1.54 bits per heavy atom. The molecule has 26 heavy (non-hydrogen) atoms. The molecule has 5 amide bonds. The average Bonchev–Trinajstić information content (AvgIpc) is 2.64. The molecule has 0 radical (unpaired) electrons. The predicted molar refractivity (Wildman–Crippen MR) is 97.5 cm³/mol. The van der Waals surface area contributed by atoms with Crippen LogP contribution >= 0.6 is 0 Å². The number of nitrogens with zero attached hydrogens (tertiary/aromatic N) is 1. The van der Waals surface area contributed by atoms with E-state index in [0.717, 1.165) is 0 Å². The number of benzene rings is 2. The number of imide groups is 4. The number of carbonyl (C=O) groups is 4. The van der Waals surface area contributed by atoms with E-state index in [-0.39, 0.29) is 52.6 Å². The number of hydrogen-bond donors (Lipinski definition) is 1. The van der Waals surface area contributed by atoms with E-state index in [1.807, 2.05) is 0 Å². The third kappa shape index (κ3) is 3.20. The third-order valence-electron chi connectivity index (χ3n) is 4.40. The van der Waals surface area contributed by atoms with E-state index in [1.54, 1.807) is 55.5 Å². The minimum Gasteiger partial charge on any atom is -1.00 e. The molecule has 3 rings (SSSR count). The van der Waals surface area contributed by atoms with Crippen LogP contribution in [0.4, 0.5) is 4.79 Å². The fourth-order valence-corrected chi connectivity index (χ4v) is 3.03. The van der Waals surface area contributed by atoms with Gasteiger partial charge in [0.25, 0.3) is 11.8 Å². The van der Waals surface area contributed by atoms with Gasteiger partial charge in [-0.25, -0.2) is 4.79 Å². The summed E-state index contributed by atoms with van der Waals surface area (Å²) in [5.41, 5.74) is -0.976. The topological polar surface area (TPSA) is 83.6 Å². The van der Waals surface area contributed by atoms with Crippen molar-refractivity contribution in [3.05, 3.63) is 71.8 Å². The van der Waals surface area contributed by atoms with Gasteiger partial charge < -0.3 is 2.85 Å². The minimum absolute atomic E-state index is 0. The van der Waals surface area contributed by atoms with Gasteiger partial charge in [0.2, 0.25) is 5.91 Å². The molecule has 1 saturated heterocycles. The molecule has 130 valence electrons. The van der Waals surface area contributed by atoms with Gasteiger partial charge in [-0.3, -0.25) is 19.7 Å². The molecular weight excluding hydrogens is 360 g/mol. The summed E-state index contributed by atoms with van der Waals surface area (Å²) in [7, 11) is 0. The van der Waals surface area contributed by atoms with Crippen LogP contribution in [0.5, 0.6) is 0 Å². The largest absolute Gasteiger partial charge is 2.00 e. The zero-order chi connectivity index (χ0) is 18.0. The zero-order valence-corrected chi connectivity index (χ0v) is 16.5. The summed E-state index contributed by atoms with van der Waals surface area (Å²) in [5, 5.41) is 2.16. The number of hydrogen-bond acceptors (Lipinski definition) is 4. The first-order valence-corrected chi connectivity index (χ1v) is 7.87. The van der Waals surface area contributed by atoms with Crippen molar-refractivity contribution >= 4 is 61.5 Å². The maximum Gasteiger partial charge on any atom is 2.00 e. The maximum atomic E-state index is 13.1. The number of urea groups is 1. The summed E-state index contributed by atoms with van der Waals surface area (Å²) in [6.45, 7) is 1.67. The van der Waals surface area contributed by atoms with Crippen molar-refractivity contribution in [1.82, 2.24) is 10.2 Å².